The van der Waals surface area contributed by atoms with E-state index in [1.807, 2.05) is 27.7 Å². The molecule has 0 atom stereocenters. The number of aliphatic hydroxyl groups excluding tert-OH is 1. The summed E-state index contributed by atoms with van der Waals surface area (Å²) in [6.07, 6.45) is 0.547. The summed E-state index contributed by atoms with van der Waals surface area (Å²) in [5, 5.41) is 20.9. The molecule has 1 saturated carbocycles. The van der Waals surface area contributed by atoms with E-state index in [-0.39, 0.29) is 10.8 Å². The lowest BCUT2D eigenvalue weighted by Gasteiger charge is -2.49. The minimum absolute atomic E-state index is 0.341. The normalized spacial score (nSPS) is 35.2. The van der Waals surface area contributed by atoms with E-state index < -0.39 is 18.0 Å². The van der Waals surface area contributed by atoms with Crippen LogP contribution < -0.4 is 5.11 Å². The first-order chi connectivity index (χ1) is 6.17. The van der Waals surface area contributed by atoms with Crippen molar-refractivity contribution < 1.29 is 15.0 Å². The Hall–Kier alpha value is -0.570. The molecule has 14 heavy (non-hydrogen) atoms. The van der Waals surface area contributed by atoms with Crippen LogP contribution in [0.1, 0.15) is 40.5 Å². The predicted octanol–water partition coefficient (Wildman–Crippen LogP) is 0.560. The van der Waals surface area contributed by atoms with Gasteiger partial charge in [0, 0.05) is 5.97 Å². The Bertz CT molecular complexity index is 225. The van der Waals surface area contributed by atoms with E-state index in [0.717, 1.165) is 0 Å². The van der Waals surface area contributed by atoms with Gasteiger partial charge in [0.15, 0.2) is 0 Å². The SMILES string of the molecule is CC1(C)CC(C(=O)[O-])CC(C)(C)C1O. The molecule has 0 aromatic rings. The summed E-state index contributed by atoms with van der Waals surface area (Å²) in [5.41, 5.74) is -0.682. The number of aliphatic hydroxyl groups is 1. The molecule has 1 N–H and O–H groups in total. The molecule has 1 aliphatic rings. The first kappa shape index (κ1) is 11.5. The van der Waals surface area contributed by atoms with Crippen LogP contribution in [0.3, 0.4) is 0 Å². The molecule has 0 amide bonds. The Balaban J connectivity index is 2.91. The van der Waals surface area contributed by atoms with Crippen LogP contribution in [0.5, 0.6) is 0 Å². The Morgan fingerprint density at radius 3 is 1.86 bits per heavy atom. The topological polar surface area (TPSA) is 60.4 Å². The monoisotopic (exact) mass is 199 g/mol. The van der Waals surface area contributed by atoms with Gasteiger partial charge in [0.2, 0.25) is 0 Å². The van der Waals surface area contributed by atoms with E-state index in [4.69, 9.17) is 0 Å². The van der Waals surface area contributed by atoms with E-state index in [1.54, 1.807) is 0 Å². The Morgan fingerprint density at radius 1 is 1.21 bits per heavy atom. The first-order valence-corrected chi connectivity index (χ1v) is 5.06. The molecular formula is C11H19O3-. The van der Waals surface area contributed by atoms with Gasteiger partial charge in [-0.25, -0.2) is 0 Å². The summed E-state index contributed by atoms with van der Waals surface area (Å²) in [6, 6.07) is 0. The fourth-order valence-electron chi connectivity index (χ4n) is 2.79. The largest absolute Gasteiger partial charge is 0.550 e. The van der Waals surface area contributed by atoms with Gasteiger partial charge in [-0.05, 0) is 29.6 Å². The van der Waals surface area contributed by atoms with Crippen LogP contribution >= 0.6 is 0 Å². The van der Waals surface area contributed by atoms with Gasteiger partial charge in [-0.1, -0.05) is 27.7 Å². The van der Waals surface area contributed by atoms with Crippen LogP contribution in [0.25, 0.3) is 0 Å². The van der Waals surface area contributed by atoms with E-state index in [9.17, 15) is 15.0 Å². The summed E-state index contributed by atoms with van der Waals surface area (Å²) < 4.78 is 0. The molecule has 1 fully saturated rings. The Labute approximate surface area is 85.1 Å². The van der Waals surface area contributed by atoms with Crippen LogP contribution in [-0.4, -0.2) is 17.2 Å². The van der Waals surface area contributed by atoms with Gasteiger partial charge in [0.25, 0.3) is 0 Å². The highest BCUT2D eigenvalue weighted by atomic mass is 16.4. The van der Waals surface area contributed by atoms with Crippen molar-refractivity contribution in [3.05, 3.63) is 0 Å². The minimum atomic E-state index is -0.988. The van der Waals surface area contributed by atoms with Crippen LogP contribution in [0.2, 0.25) is 0 Å². The summed E-state index contributed by atoms with van der Waals surface area (Å²) in [4.78, 5) is 10.8. The number of carbonyl (C=O) groups excluding carboxylic acids is 1. The smallest absolute Gasteiger partial charge is 0.0642 e. The van der Waals surface area contributed by atoms with Gasteiger partial charge in [-0.2, -0.15) is 0 Å². The van der Waals surface area contributed by atoms with Crippen molar-refractivity contribution in [1.29, 1.82) is 0 Å². The second-order valence-corrected chi connectivity index (χ2v) is 5.80. The molecule has 82 valence electrons. The van der Waals surface area contributed by atoms with Crippen LogP contribution in [-0.2, 0) is 4.79 Å². The summed E-state index contributed by atoms with van der Waals surface area (Å²) in [6.45, 7) is 7.64. The molecular weight excluding hydrogens is 180 g/mol. The fourth-order valence-corrected chi connectivity index (χ4v) is 2.79. The Morgan fingerprint density at radius 2 is 1.57 bits per heavy atom. The Kier molecular flexibility index (Phi) is 2.65. The average Bonchev–Trinajstić information content (AvgIpc) is 1.98. The standard InChI is InChI=1S/C11H20O3/c1-10(2)5-7(8(12)13)6-11(3,4)9(10)14/h7,9,14H,5-6H2,1-4H3,(H,12,13)/p-1. The van der Waals surface area contributed by atoms with Crippen LogP contribution in [0.4, 0.5) is 0 Å². The number of rotatable bonds is 1. The molecule has 0 bridgehead atoms. The number of hydrogen-bond donors (Lipinski definition) is 1. The second-order valence-electron chi connectivity index (χ2n) is 5.80. The molecule has 0 radical (unpaired) electrons. The summed E-state index contributed by atoms with van der Waals surface area (Å²) >= 11 is 0. The number of carbonyl (C=O) groups is 1. The number of carboxylic acids is 1. The van der Waals surface area contributed by atoms with Crippen LogP contribution in [0, 0.1) is 16.7 Å². The van der Waals surface area contributed by atoms with Gasteiger partial charge in [-0.15, -0.1) is 0 Å². The third-order valence-corrected chi connectivity index (χ3v) is 3.36. The highest BCUT2D eigenvalue weighted by molar-refractivity contribution is 5.68. The second kappa shape index (κ2) is 3.23. The molecule has 1 rings (SSSR count). The maximum Gasteiger partial charge on any atom is 0.0642 e. The third-order valence-electron chi connectivity index (χ3n) is 3.36. The molecule has 1 aliphatic carbocycles. The van der Waals surface area contributed by atoms with Gasteiger partial charge in [-0.3, -0.25) is 0 Å². The van der Waals surface area contributed by atoms with Gasteiger partial charge < -0.3 is 15.0 Å². The molecule has 0 unspecified atom stereocenters. The highest BCUT2D eigenvalue weighted by Crippen LogP contribution is 2.48. The van der Waals surface area contributed by atoms with Crippen molar-refractivity contribution in [3.63, 3.8) is 0 Å². The van der Waals surface area contributed by atoms with E-state index in [0.29, 0.717) is 12.8 Å². The van der Waals surface area contributed by atoms with Crippen molar-refractivity contribution in [2.24, 2.45) is 16.7 Å². The third kappa shape index (κ3) is 1.92. The van der Waals surface area contributed by atoms with Gasteiger partial charge >= 0.3 is 0 Å². The molecule has 0 saturated heterocycles. The van der Waals surface area contributed by atoms with Crippen LogP contribution in [0.15, 0.2) is 0 Å². The molecule has 0 aromatic carbocycles. The number of hydrogen-bond acceptors (Lipinski definition) is 3. The molecule has 0 aromatic heterocycles. The number of carboxylic acid groups (broad SMARTS) is 1. The van der Waals surface area contributed by atoms with E-state index >= 15 is 0 Å². The fraction of sp³-hybridized carbons (Fsp3) is 0.909. The summed E-state index contributed by atoms with van der Waals surface area (Å²) in [5.74, 6) is -1.42. The van der Waals surface area contributed by atoms with Gasteiger partial charge in [0.1, 0.15) is 0 Å². The molecule has 0 heterocycles. The number of aliphatic carboxylic acids is 1. The van der Waals surface area contributed by atoms with Crippen molar-refractivity contribution in [1.82, 2.24) is 0 Å². The quantitative estimate of drug-likeness (QED) is 0.671. The maximum atomic E-state index is 10.8. The first-order valence-electron chi connectivity index (χ1n) is 5.06. The lowest BCUT2D eigenvalue weighted by atomic mass is 9.59. The summed E-state index contributed by atoms with van der Waals surface area (Å²) in [7, 11) is 0. The van der Waals surface area contributed by atoms with Crippen molar-refractivity contribution in [3.8, 4) is 0 Å². The molecule has 3 nitrogen and oxygen atoms in total. The molecule has 0 spiro atoms. The lowest BCUT2D eigenvalue weighted by molar-refractivity contribution is -0.316. The molecule has 3 heteroatoms. The van der Waals surface area contributed by atoms with Crippen molar-refractivity contribution in [2.75, 3.05) is 0 Å². The molecule has 0 aliphatic heterocycles. The van der Waals surface area contributed by atoms with Gasteiger partial charge in [0.05, 0.1) is 6.10 Å². The zero-order chi connectivity index (χ0) is 11.1. The average molecular weight is 199 g/mol. The maximum absolute atomic E-state index is 10.8. The van der Waals surface area contributed by atoms with Crippen molar-refractivity contribution in [2.45, 2.75) is 46.6 Å². The van der Waals surface area contributed by atoms with E-state index in [1.165, 1.54) is 0 Å². The predicted molar refractivity (Wildman–Crippen MR) is 51.3 cm³/mol. The lowest BCUT2D eigenvalue weighted by Crippen LogP contribution is -2.51. The zero-order valence-corrected chi connectivity index (χ0v) is 9.33. The zero-order valence-electron chi connectivity index (χ0n) is 9.33. The van der Waals surface area contributed by atoms with Crippen molar-refractivity contribution >= 4 is 5.97 Å². The minimum Gasteiger partial charge on any atom is -0.550 e. The van der Waals surface area contributed by atoms with E-state index in [2.05, 4.69) is 0 Å². The highest BCUT2D eigenvalue weighted by Gasteiger charge is 2.46.